The normalized spacial score (nSPS) is 10.6. The average Bonchev–Trinajstić information content (AvgIpc) is 3.24. The van der Waals surface area contributed by atoms with Crippen molar-refractivity contribution in [2.75, 3.05) is 5.43 Å². The molecule has 0 fully saturated rings. The molecule has 0 radical (unpaired) electrons. The highest BCUT2D eigenvalue weighted by Gasteiger charge is 2.14. The molecule has 9 heteroatoms. The zero-order chi connectivity index (χ0) is 19.5. The summed E-state index contributed by atoms with van der Waals surface area (Å²) in [6.45, 7) is 0. The van der Waals surface area contributed by atoms with Gasteiger partial charge in [-0.05, 0) is 36.4 Å². The van der Waals surface area contributed by atoms with Crippen molar-refractivity contribution in [2.45, 2.75) is 0 Å². The van der Waals surface area contributed by atoms with Crippen LogP contribution in [-0.2, 0) is 0 Å². The summed E-state index contributed by atoms with van der Waals surface area (Å²) in [5.41, 5.74) is 3.07. The van der Waals surface area contributed by atoms with E-state index in [0.29, 0.717) is 27.3 Å². The van der Waals surface area contributed by atoms with Crippen LogP contribution in [0.4, 0.5) is 4.79 Å². The van der Waals surface area contributed by atoms with Crippen molar-refractivity contribution in [1.29, 1.82) is 0 Å². The van der Waals surface area contributed by atoms with Crippen molar-refractivity contribution in [3.05, 3.63) is 72.4 Å². The standard InChI is InChI=1S/C19H13N3O5S/c23-17(12-6-8-15(9-7-12)26-14-4-2-1-3-5-14)21-22-18-13(11-20-22)10-16(28-18)27-19(24)25/h1-11H,(H,21,23)(H,24,25). The number of para-hydroxylation sites is 1. The quantitative estimate of drug-likeness (QED) is 0.488. The van der Waals surface area contributed by atoms with Gasteiger partial charge in [-0.15, -0.1) is 0 Å². The molecule has 0 saturated heterocycles. The van der Waals surface area contributed by atoms with E-state index in [2.05, 4.69) is 15.3 Å². The van der Waals surface area contributed by atoms with Gasteiger partial charge >= 0.3 is 6.16 Å². The van der Waals surface area contributed by atoms with Crippen LogP contribution in [0.2, 0.25) is 0 Å². The van der Waals surface area contributed by atoms with E-state index in [9.17, 15) is 9.59 Å². The number of fused-ring (bicyclic) bond motifs is 1. The second kappa shape index (κ2) is 7.41. The third kappa shape index (κ3) is 3.79. The van der Waals surface area contributed by atoms with E-state index < -0.39 is 6.16 Å². The number of nitrogens with one attached hydrogen (secondary N) is 1. The molecular weight excluding hydrogens is 382 g/mol. The van der Waals surface area contributed by atoms with Gasteiger partial charge in [0.05, 0.1) is 6.20 Å². The number of carbonyl (C=O) groups excluding carboxylic acids is 1. The molecule has 2 N–H and O–H groups in total. The maximum absolute atomic E-state index is 12.5. The van der Waals surface area contributed by atoms with E-state index >= 15 is 0 Å². The molecule has 1 amide bonds. The molecule has 4 aromatic rings. The fourth-order valence-electron chi connectivity index (χ4n) is 2.48. The highest BCUT2D eigenvalue weighted by Crippen LogP contribution is 2.31. The molecule has 0 bridgehead atoms. The Morgan fingerprint density at radius 3 is 2.46 bits per heavy atom. The average molecular weight is 395 g/mol. The summed E-state index contributed by atoms with van der Waals surface area (Å²) >= 11 is 1.06. The van der Waals surface area contributed by atoms with Crippen LogP contribution in [0.1, 0.15) is 10.4 Å². The number of carbonyl (C=O) groups is 2. The molecular formula is C19H13N3O5S. The summed E-state index contributed by atoms with van der Waals surface area (Å²) in [4.78, 5) is 25.0. The lowest BCUT2D eigenvalue weighted by Crippen LogP contribution is -2.23. The Bertz CT molecular complexity index is 1140. The smallest absolute Gasteiger partial charge is 0.457 e. The Morgan fingerprint density at radius 1 is 1.04 bits per heavy atom. The number of nitrogens with zero attached hydrogens (tertiary/aromatic N) is 2. The lowest BCUT2D eigenvalue weighted by atomic mass is 10.2. The largest absolute Gasteiger partial charge is 0.512 e. The van der Waals surface area contributed by atoms with Crippen LogP contribution in [0.3, 0.4) is 0 Å². The Labute approximate surface area is 162 Å². The summed E-state index contributed by atoms with van der Waals surface area (Å²) in [6.07, 6.45) is 0.114. The number of amides is 1. The number of carboxylic acid groups (broad SMARTS) is 1. The fraction of sp³-hybridized carbons (Fsp3) is 0. The van der Waals surface area contributed by atoms with Crippen LogP contribution in [-0.4, -0.2) is 27.1 Å². The van der Waals surface area contributed by atoms with Gasteiger partial charge in [0.15, 0.2) is 5.06 Å². The van der Waals surface area contributed by atoms with E-state index in [1.54, 1.807) is 30.3 Å². The van der Waals surface area contributed by atoms with Crippen molar-refractivity contribution in [3.8, 4) is 16.6 Å². The first kappa shape index (κ1) is 17.6. The summed E-state index contributed by atoms with van der Waals surface area (Å²) in [5.74, 6) is 0.944. The molecule has 0 aliphatic carbocycles. The molecule has 2 aromatic carbocycles. The molecule has 0 aliphatic heterocycles. The number of hydrogen-bond donors (Lipinski definition) is 2. The number of hydrogen-bond acceptors (Lipinski definition) is 6. The molecule has 0 saturated carbocycles. The number of benzene rings is 2. The molecule has 140 valence electrons. The second-order valence-electron chi connectivity index (χ2n) is 5.63. The molecule has 8 nitrogen and oxygen atoms in total. The van der Waals surface area contributed by atoms with E-state index in [1.165, 1.54) is 11.0 Å². The lowest BCUT2D eigenvalue weighted by Gasteiger charge is -2.08. The van der Waals surface area contributed by atoms with Crippen LogP contribution in [0.25, 0.3) is 10.2 Å². The minimum Gasteiger partial charge on any atom is -0.457 e. The van der Waals surface area contributed by atoms with Crippen LogP contribution >= 0.6 is 11.3 Å². The molecule has 2 aromatic heterocycles. The third-order valence-electron chi connectivity index (χ3n) is 3.71. The second-order valence-corrected chi connectivity index (χ2v) is 6.62. The van der Waals surface area contributed by atoms with Crippen LogP contribution in [0, 0.1) is 0 Å². The topological polar surface area (TPSA) is 103 Å². The zero-order valence-corrected chi connectivity index (χ0v) is 15.1. The molecule has 2 heterocycles. The molecule has 28 heavy (non-hydrogen) atoms. The van der Waals surface area contributed by atoms with Gasteiger partial charge in [0.2, 0.25) is 0 Å². The van der Waals surface area contributed by atoms with Crippen molar-refractivity contribution < 1.29 is 24.2 Å². The third-order valence-corrected chi connectivity index (χ3v) is 4.72. The van der Waals surface area contributed by atoms with Crippen LogP contribution in [0.5, 0.6) is 16.6 Å². The van der Waals surface area contributed by atoms with Gasteiger partial charge in [-0.1, -0.05) is 29.5 Å². The minimum atomic E-state index is -1.40. The molecule has 0 spiro atoms. The minimum absolute atomic E-state index is 0.199. The molecule has 4 rings (SSSR count). The number of thiophene rings is 1. The van der Waals surface area contributed by atoms with Gasteiger partial charge in [0.25, 0.3) is 5.91 Å². The summed E-state index contributed by atoms with van der Waals surface area (Å²) in [5, 5.41) is 13.6. The fourth-order valence-corrected chi connectivity index (χ4v) is 3.38. The van der Waals surface area contributed by atoms with Gasteiger partial charge in [0, 0.05) is 17.0 Å². The van der Waals surface area contributed by atoms with Crippen molar-refractivity contribution >= 4 is 33.6 Å². The Balaban J connectivity index is 1.47. The molecule has 0 aliphatic rings. The van der Waals surface area contributed by atoms with Crippen LogP contribution in [0.15, 0.2) is 66.9 Å². The summed E-state index contributed by atoms with van der Waals surface area (Å²) < 4.78 is 10.3. The summed E-state index contributed by atoms with van der Waals surface area (Å²) in [6, 6.07) is 17.5. The number of aromatic nitrogens is 2. The summed E-state index contributed by atoms with van der Waals surface area (Å²) in [7, 11) is 0. The van der Waals surface area contributed by atoms with E-state index in [-0.39, 0.29) is 11.0 Å². The van der Waals surface area contributed by atoms with Crippen molar-refractivity contribution in [1.82, 2.24) is 9.89 Å². The van der Waals surface area contributed by atoms with Crippen molar-refractivity contribution in [3.63, 3.8) is 0 Å². The monoisotopic (exact) mass is 395 g/mol. The number of ether oxygens (including phenoxy) is 2. The van der Waals surface area contributed by atoms with Crippen molar-refractivity contribution in [2.24, 2.45) is 0 Å². The SMILES string of the molecule is O=C(O)Oc1cc2cnn(NC(=O)c3ccc(Oc4ccccc4)cc3)c2s1. The zero-order valence-electron chi connectivity index (χ0n) is 14.2. The van der Waals surface area contributed by atoms with Gasteiger partial charge in [-0.3, -0.25) is 4.79 Å². The Hall–Kier alpha value is -3.85. The Kier molecular flexibility index (Phi) is 4.65. The molecule has 0 unspecified atom stereocenters. The van der Waals surface area contributed by atoms with E-state index in [4.69, 9.17) is 9.84 Å². The predicted molar refractivity (Wildman–Crippen MR) is 103 cm³/mol. The van der Waals surface area contributed by atoms with Gasteiger partial charge < -0.3 is 14.6 Å². The first-order chi connectivity index (χ1) is 13.6. The maximum atomic E-state index is 12.5. The van der Waals surface area contributed by atoms with Crippen LogP contribution < -0.4 is 14.9 Å². The maximum Gasteiger partial charge on any atom is 0.512 e. The molecule has 0 atom stereocenters. The lowest BCUT2D eigenvalue weighted by molar-refractivity contribution is 0.101. The van der Waals surface area contributed by atoms with E-state index in [1.807, 2.05) is 30.3 Å². The van der Waals surface area contributed by atoms with Gasteiger partial charge in [-0.2, -0.15) is 9.89 Å². The highest BCUT2D eigenvalue weighted by atomic mass is 32.1. The predicted octanol–water partition coefficient (Wildman–Crippen LogP) is 4.33. The highest BCUT2D eigenvalue weighted by molar-refractivity contribution is 7.20. The van der Waals surface area contributed by atoms with E-state index in [0.717, 1.165) is 11.3 Å². The van der Waals surface area contributed by atoms with Gasteiger partial charge in [-0.25, -0.2) is 10.2 Å². The van der Waals surface area contributed by atoms with Gasteiger partial charge in [0.1, 0.15) is 16.3 Å². The first-order valence-electron chi connectivity index (χ1n) is 8.11. The first-order valence-corrected chi connectivity index (χ1v) is 8.93. The Morgan fingerprint density at radius 2 is 1.75 bits per heavy atom. The number of rotatable bonds is 5.